The van der Waals surface area contributed by atoms with Gasteiger partial charge in [0.05, 0.1) is 4.88 Å². The predicted molar refractivity (Wildman–Crippen MR) is 67.2 cm³/mol. The SMILES string of the molecule is CCc1cc(C(=O)N2CCNCC2)sc1C. The first kappa shape index (κ1) is 11.6. The average Bonchev–Trinajstić information content (AvgIpc) is 2.71. The quantitative estimate of drug-likeness (QED) is 0.850. The lowest BCUT2D eigenvalue weighted by atomic mass is 10.2. The van der Waals surface area contributed by atoms with Crippen molar-refractivity contribution in [3.8, 4) is 0 Å². The third-order valence-corrected chi connectivity index (χ3v) is 4.10. The Bertz CT molecular complexity index is 380. The zero-order chi connectivity index (χ0) is 11.5. The molecule has 0 atom stereocenters. The Hall–Kier alpha value is -0.870. The summed E-state index contributed by atoms with van der Waals surface area (Å²) < 4.78 is 0. The van der Waals surface area contributed by atoms with E-state index in [1.54, 1.807) is 11.3 Å². The maximum atomic E-state index is 12.2. The number of carbonyl (C=O) groups is 1. The fourth-order valence-corrected chi connectivity index (χ4v) is 3.08. The van der Waals surface area contributed by atoms with Gasteiger partial charge >= 0.3 is 0 Å². The number of nitrogens with zero attached hydrogens (tertiary/aromatic N) is 1. The molecule has 0 bridgehead atoms. The van der Waals surface area contributed by atoms with Gasteiger partial charge in [0, 0.05) is 31.1 Å². The van der Waals surface area contributed by atoms with E-state index in [-0.39, 0.29) is 5.91 Å². The van der Waals surface area contributed by atoms with Gasteiger partial charge in [-0.1, -0.05) is 6.92 Å². The fourth-order valence-electron chi connectivity index (χ4n) is 2.00. The second-order valence-corrected chi connectivity index (χ2v) is 5.34. The number of piperazine rings is 1. The minimum atomic E-state index is 0.203. The molecule has 4 heteroatoms. The largest absolute Gasteiger partial charge is 0.335 e. The highest BCUT2D eigenvalue weighted by Crippen LogP contribution is 2.23. The minimum Gasteiger partial charge on any atom is -0.335 e. The lowest BCUT2D eigenvalue weighted by Crippen LogP contribution is -2.46. The normalized spacial score (nSPS) is 16.5. The topological polar surface area (TPSA) is 32.3 Å². The van der Waals surface area contributed by atoms with Crippen molar-refractivity contribution < 1.29 is 4.79 Å². The van der Waals surface area contributed by atoms with Crippen LogP contribution >= 0.6 is 11.3 Å². The molecule has 0 aliphatic carbocycles. The number of hydrogen-bond donors (Lipinski definition) is 1. The van der Waals surface area contributed by atoms with E-state index >= 15 is 0 Å². The monoisotopic (exact) mass is 238 g/mol. The summed E-state index contributed by atoms with van der Waals surface area (Å²) in [5, 5.41) is 3.26. The summed E-state index contributed by atoms with van der Waals surface area (Å²) in [4.78, 5) is 16.3. The van der Waals surface area contributed by atoms with Gasteiger partial charge in [0.2, 0.25) is 0 Å². The Labute approximate surface area is 100 Å². The van der Waals surface area contributed by atoms with Crippen LogP contribution < -0.4 is 5.32 Å². The van der Waals surface area contributed by atoms with Gasteiger partial charge in [-0.05, 0) is 25.0 Å². The zero-order valence-electron chi connectivity index (χ0n) is 9.88. The van der Waals surface area contributed by atoms with Crippen LogP contribution in [0.25, 0.3) is 0 Å². The molecule has 1 aromatic rings. The lowest BCUT2D eigenvalue weighted by molar-refractivity contribution is 0.0740. The molecule has 2 rings (SSSR count). The third-order valence-electron chi connectivity index (χ3n) is 3.02. The Morgan fingerprint density at radius 3 is 2.75 bits per heavy atom. The van der Waals surface area contributed by atoms with Crippen LogP contribution in [0.3, 0.4) is 0 Å². The molecule has 2 heterocycles. The molecule has 1 aliphatic rings. The highest BCUT2D eigenvalue weighted by molar-refractivity contribution is 7.14. The van der Waals surface area contributed by atoms with Gasteiger partial charge < -0.3 is 10.2 Å². The van der Waals surface area contributed by atoms with E-state index in [1.807, 2.05) is 4.90 Å². The molecule has 0 saturated carbocycles. The molecule has 1 saturated heterocycles. The van der Waals surface area contributed by atoms with Crippen LogP contribution in [-0.2, 0) is 6.42 Å². The maximum absolute atomic E-state index is 12.2. The number of aryl methyl sites for hydroxylation is 2. The number of nitrogens with one attached hydrogen (secondary N) is 1. The van der Waals surface area contributed by atoms with Crippen molar-refractivity contribution in [1.29, 1.82) is 0 Å². The number of rotatable bonds is 2. The highest BCUT2D eigenvalue weighted by atomic mass is 32.1. The number of thiophene rings is 1. The second kappa shape index (κ2) is 4.97. The summed E-state index contributed by atoms with van der Waals surface area (Å²) in [5.41, 5.74) is 1.31. The highest BCUT2D eigenvalue weighted by Gasteiger charge is 2.20. The molecular formula is C12H18N2OS. The van der Waals surface area contributed by atoms with E-state index in [0.717, 1.165) is 37.5 Å². The molecule has 0 aromatic carbocycles. The molecule has 1 N–H and O–H groups in total. The molecule has 88 valence electrons. The van der Waals surface area contributed by atoms with E-state index in [2.05, 4.69) is 25.2 Å². The predicted octanol–water partition coefficient (Wildman–Crippen LogP) is 1.66. The summed E-state index contributed by atoms with van der Waals surface area (Å²) >= 11 is 1.63. The van der Waals surface area contributed by atoms with Crippen LogP contribution in [0.1, 0.15) is 27.0 Å². The summed E-state index contributed by atoms with van der Waals surface area (Å²) in [6, 6.07) is 2.06. The van der Waals surface area contributed by atoms with Gasteiger partial charge in [-0.3, -0.25) is 4.79 Å². The third kappa shape index (κ3) is 2.28. The number of hydrogen-bond acceptors (Lipinski definition) is 3. The second-order valence-electron chi connectivity index (χ2n) is 4.09. The standard InChI is InChI=1S/C12H18N2OS/c1-3-10-8-11(16-9(10)2)12(15)14-6-4-13-5-7-14/h8,13H,3-7H2,1-2H3. The van der Waals surface area contributed by atoms with E-state index in [4.69, 9.17) is 0 Å². The Kier molecular flexibility index (Phi) is 3.61. The fraction of sp³-hybridized carbons (Fsp3) is 0.583. The first-order valence-corrected chi connectivity index (χ1v) is 6.63. The molecule has 1 fully saturated rings. The minimum absolute atomic E-state index is 0.203. The molecule has 1 aromatic heterocycles. The van der Waals surface area contributed by atoms with Crippen LogP contribution in [0.2, 0.25) is 0 Å². The van der Waals surface area contributed by atoms with Crippen molar-refractivity contribution in [2.24, 2.45) is 0 Å². The summed E-state index contributed by atoms with van der Waals surface area (Å²) in [6.07, 6.45) is 1.01. The van der Waals surface area contributed by atoms with Crippen LogP contribution in [0.15, 0.2) is 6.07 Å². The van der Waals surface area contributed by atoms with Crippen molar-refractivity contribution in [1.82, 2.24) is 10.2 Å². The van der Waals surface area contributed by atoms with Gasteiger partial charge in [0.25, 0.3) is 5.91 Å². The van der Waals surface area contributed by atoms with Crippen LogP contribution in [0.4, 0.5) is 0 Å². The van der Waals surface area contributed by atoms with Crippen molar-refractivity contribution in [3.05, 3.63) is 21.4 Å². The Morgan fingerprint density at radius 1 is 1.50 bits per heavy atom. The molecular weight excluding hydrogens is 220 g/mol. The van der Waals surface area contributed by atoms with Gasteiger partial charge in [-0.2, -0.15) is 0 Å². The molecule has 3 nitrogen and oxygen atoms in total. The summed E-state index contributed by atoms with van der Waals surface area (Å²) in [7, 11) is 0. The van der Waals surface area contributed by atoms with Crippen molar-refractivity contribution in [2.75, 3.05) is 26.2 Å². The van der Waals surface area contributed by atoms with E-state index < -0.39 is 0 Å². The molecule has 0 unspecified atom stereocenters. The van der Waals surface area contributed by atoms with Crippen molar-refractivity contribution in [2.45, 2.75) is 20.3 Å². The maximum Gasteiger partial charge on any atom is 0.264 e. The number of carbonyl (C=O) groups excluding carboxylic acids is 1. The van der Waals surface area contributed by atoms with Crippen molar-refractivity contribution in [3.63, 3.8) is 0 Å². The van der Waals surface area contributed by atoms with Crippen LogP contribution in [-0.4, -0.2) is 37.0 Å². The van der Waals surface area contributed by atoms with Gasteiger partial charge in [0.1, 0.15) is 0 Å². The Balaban J connectivity index is 2.13. The van der Waals surface area contributed by atoms with E-state index in [1.165, 1.54) is 10.4 Å². The zero-order valence-corrected chi connectivity index (χ0v) is 10.7. The van der Waals surface area contributed by atoms with Crippen LogP contribution in [0.5, 0.6) is 0 Å². The average molecular weight is 238 g/mol. The first-order chi connectivity index (χ1) is 7.72. The summed E-state index contributed by atoms with van der Waals surface area (Å²) in [6.45, 7) is 7.72. The van der Waals surface area contributed by atoms with Crippen LogP contribution in [0, 0.1) is 6.92 Å². The smallest absolute Gasteiger partial charge is 0.264 e. The number of amides is 1. The van der Waals surface area contributed by atoms with Gasteiger partial charge in [0.15, 0.2) is 0 Å². The van der Waals surface area contributed by atoms with Gasteiger partial charge in [-0.15, -0.1) is 11.3 Å². The molecule has 0 radical (unpaired) electrons. The summed E-state index contributed by atoms with van der Waals surface area (Å²) in [5.74, 6) is 0.203. The first-order valence-electron chi connectivity index (χ1n) is 5.81. The Morgan fingerprint density at radius 2 is 2.19 bits per heavy atom. The van der Waals surface area contributed by atoms with E-state index in [0.29, 0.717) is 0 Å². The van der Waals surface area contributed by atoms with Gasteiger partial charge in [-0.25, -0.2) is 0 Å². The molecule has 16 heavy (non-hydrogen) atoms. The molecule has 0 spiro atoms. The molecule has 1 aliphatic heterocycles. The van der Waals surface area contributed by atoms with Crippen molar-refractivity contribution >= 4 is 17.2 Å². The molecule has 1 amide bonds. The lowest BCUT2D eigenvalue weighted by Gasteiger charge is -2.26. The van der Waals surface area contributed by atoms with E-state index in [9.17, 15) is 4.79 Å².